The molecule has 1 N–H and O–H groups in total. The fourth-order valence-corrected chi connectivity index (χ4v) is 2.77. The van der Waals surface area contributed by atoms with E-state index in [9.17, 15) is 36.9 Å². The average molecular weight is 457 g/mol. The first-order valence-electron chi connectivity index (χ1n) is 8.57. The second-order valence-electron chi connectivity index (χ2n) is 6.31. The van der Waals surface area contributed by atoms with Gasteiger partial charge in [-0.1, -0.05) is 0 Å². The number of carbonyl (C=O) groups is 1. The lowest BCUT2D eigenvalue weighted by Gasteiger charge is -2.11. The highest BCUT2D eigenvalue weighted by Gasteiger charge is 2.30. The molecule has 0 aliphatic heterocycles. The van der Waals surface area contributed by atoms with Crippen molar-refractivity contribution in [3.05, 3.63) is 63.6 Å². The average Bonchev–Trinajstić information content (AvgIpc) is 3.10. The van der Waals surface area contributed by atoms with Crippen molar-refractivity contribution >= 4 is 23.6 Å². The van der Waals surface area contributed by atoms with Gasteiger partial charge < -0.3 is 14.6 Å². The van der Waals surface area contributed by atoms with E-state index < -0.39 is 46.2 Å². The van der Waals surface area contributed by atoms with Crippen molar-refractivity contribution < 1.29 is 36.4 Å². The van der Waals surface area contributed by atoms with E-state index in [-0.39, 0.29) is 29.2 Å². The number of nitro groups is 1. The van der Waals surface area contributed by atoms with Gasteiger partial charge in [0.2, 0.25) is 11.8 Å². The molecule has 9 nitrogen and oxygen atoms in total. The Kier molecular flexibility index (Phi) is 6.04. The smallest absolute Gasteiger partial charge is 0.393 e. The van der Waals surface area contributed by atoms with E-state index in [1.165, 1.54) is 7.11 Å². The third-order valence-corrected chi connectivity index (χ3v) is 4.14. The number of alkyl halides is 3. The molecule has 0 radical (unpaired) electrons. The van der Waals surface area contributed by atoms with Crippen LogP contribution in [0.5, 0.6) is 5.75 Å². The van der Waals surface area contributed by atoms with Gasteiger partial charge in [0.1, 0.15) is 5.75 Å². The van der Waals surface area contributed by atoms with Crippen molar-refractivity contribution in [3.63, 3.8) is 0 Å². The summed E-state index contributed by atoms with van der Waals surface area (Å²) in [5.41, 5.74) is -1.72. The minimum atomic E-state index is -4.60. The molecule has 3 aromatic rings. The molecule has 2 heterocycles. The maximum absolute atomic E-state index is 14.3. The predicted molar refractivity (Wildman–Crippen MR) is 99.4 cm³/mol. The number of rotatable bonds is 7. The zero-order chi connectivity index (χ0) is 23.6. The molecule has 1 aromatic carbocycles. The van der Waals surface area contributed by atoms with Crippen LogP contribution in [0.15, 0.2) is 30.7 Å². The molecule has 0 unspecified atom stereocenters. The lowest BCUT2D eigenvalue weighted by atomic mass is 10.1. The van der Waals surface area contributed by atoms with Crippen molar-refractivity contribution in [3.8, 4) is 11.6 Å². The van der Waals surface area contributed by atoms with Crippen LogP contribution < -0.4 is 10.1 Å². The Bertz CT molecular complexity index is 1200. The van der Waals surface area contributed by atoms with Crippen molar-refractivity contribution in [2.45, 2.75) is 12.6 Å². The second kappa shape index (κ2) is 8.56. The van der Waals surface area contributed by atoms with Gasteiger partial charge in [-0.15, -0.1) is 0 Å². The molecule has 0 spiro atoms. The van der Waals surface area contributed by atoms with Gasteiger partial charge in [-0.2, -0.15) is 22.5 Å². The van der Waals surface area contributed by atoms with Crippen LogP contribution in [-0.2, 0) is 6.42 Å². The van der Waals surface area contributed by atoms with Gasteiger partial charge >= 0.3 is 11.9 Å². The molecule has 168 valence electrons. The number of nitrogens with zero attached hydrogens (tertiary/aromatic N) is 4. The highest BCUT2D eigenvalue weighted by molar-refractivity contribution is 5.77. The van der Waals surface area contributed by atoms with E-state index in [2.05, 4.69) is 15.3 Å². The van der Waals surface area contributed by atoms with Crippen LogP contribution in [-0.4, -0.2) is 39.0 Å². The lowest BCUT2D eigenvalue weighted by molar-refractivity contribution is -0.387. The molecule has 3 rings (SSSR count). The third kappa shape index (κ3) is 4.79. The number of hydrogen-bond donors (Lipinski definition) is 1. The number of aromatic nitrogens is 3. The maximum atomic E-state index is 14.3. The van der Waals surface area contributed by atoms with Crippen LogP contribution in [0, 0.1) is 21.7 Å². The van der Waals surface area contributed by atoms with E-state index in [1.807, 2.05) is 0 Å². The van der Waals surface area contributed by atoms with E-state index in [1.54, 1.807) is 0 Å². The third-order valence-electron chi connectivity index (χ3n) is 4.14. The molecule has 2 aromatic heterocycles. The summed E-state index contributed by atoms with van der Waals surface area (Å²) in [6.45, 7) is 0. The van der Waals surface area contributed by atoms with E-state index in [0.29, 0.717) is 6.20 Å². The van der Waals surface area contributed by atoms with Gasteiger partial charge in [-0.25, -0.2) is 9.37 Å². The zero-order valence-corrected chi connectivity index (χ0v) is 16.0. The lowest BCUT2D eigenvalue weighted by Crippen LogP contribution is -2.12. The summed E-state index contributed by atoms with van der Waals surface area (Å²) in [5.74, 6) is -3.18. The van der Waals surface area contributed by atoms with Gasteiger partial charge in [0.25, 0.3) is 0 Å². The van der Waals surface area contributed by atoms with Crippen LogP contribution in [0.3, 0.4) is 0 Å². The first kappa shape index (κ1) is 22.6. The highest BCUT2D eigenvalue weighted by Crippen LogP contribution is 2.33. The molecule has 0 saturated heterocycles. The number of anilines is 2. The van der Waals surface area contributed by atoms with Gasteiger partial charge in [0, 0.05) is 30.1 Å². The van der Waals surface area contributed by atoms with Crippen molar-refractivity contribution in [2.75, 3.05) is 12.4 Å². The first-order chi connectivity index (χ1) is 15.0. The number of ether oxygens (including phenoxy) is 1. The Morgan fingerprint density at radius 2 is 1.97 bits per heavy atom. The summed E-state index contributed by atoms with van der Waals surface area (Å²) in [6, 6.07) is 1.55. The summed E-state index contributed by atoms with van der Waals surface area (Å²) >= 11 is 0. The standard InChI is InChI=1S/C18H12F5N5O4/c1-32-15-2-11(19)14(28(30)31)3-13(15)25-17-24-5-12(20)16(26-17)27-6-9(4-18(21,22)23)10(7-27)8-29/h2-3,5-8H,4H2,1H3,(H,24,25,26). The van der Waals surface area contributed by atoms with E-state index in [0.717, 1.165) is 29.1 Å². The molecule has 0 saturated carbocycles. The van der Waals surface area contributed by atoms with Gasteiger partial charge in [-0.3, -0.25) is 14.9 Å². The molecule has 0 aliphatic carbocycles. The molecule has 0 atom stereocenters. The van der Waals surface area contributed by atoms with Crippen molar-refractivity contribution in [1.29, 1.82) is 0 Å². The van der Waals surface area contributed by atoms with Crippen LogP contribution in [0.2, 0.25) is 0 Å². The fourth-order valence-electron chi connectivity index (χ4n) is 2.77. The van der Waals surface area contributed by atoms with Crippen LogP contribution in [0.1, 0.15) is 15.9 Å². The Morgan fingerprint density at radius 3 is 2.56 bits per heavy atom. The summed E-state index contributed by atoms with van der Waals surface area (Å²) in [7, 11) is 1.17. The Balaban J connectivity index is 2.02. The van der Waals surface area contributed by atoms with Crippen LogP contribution in [0.25, 0.3) is 5.82 Å². The number of halogens is 5. The van der Waals surface area contributed by atoms with Crippen LogP contribution >= 0.6 is 0 Å². The second-order valence-corrected chi connectivity index (χ2v) is 6.31. The fraction of sp³-hybridized carbons (Fsp3) is 0.167. The number of nitrogens with one attached hydrogen (secondary N) is 1. The quantitative estimate of drug-likeness (QED) is 0.246. The number of methoxy groups -OCH3 is 1. The van der Waals surface area contributed by atoms with Crippen LogP contribution in [0.4, 0.5) is 39.3 Å². The molecule has 0 aliphatic rings. The number of nitro benzene ring substituents is 1. The van der Waals surface area contributed by atoms with Crippen molar-refractivity contribution in [1.82, 2.24) is 14.5 Å². The van der Waals surface area contributed by atoms with Gasteiger partial charge in [0.05, 0.1) is 30.3 Å². The topological polar surface area (TPSA) is 112 Å². The monoisotopic (exact) mass is 457 g/mol. The Hall–Kier alpha value is -4.10. The first-order valence-corrected chi connectivity index (χ1v) is 8.57. The molecule has 0 fully saturated rings. The minimum absolute atomic E-state index is 0.128. The highest BCUT2D eigenvalue weighted by atomic mass is 19.4. The molecule has 0 amide bonds. The minimum Gasteiger partial charge on any atom is -0.494 e. The Labute approximate surface area is 175 Å². The molecular weight excluding hydrogens is 445 g/mol. The van der Waals surface area contributed by atoms with Crippen molar-refractivity contribution in [2.24, 2.45) is 0 Å². The van der Waals surface area contributed by atoms with Gasteiger partial charge in [-0.05, 0) is 5.56 Å². The zero-order valence-electron chi connectivity index (χ0n) is 16.0. The molecule has 32 heavy (non-hydrogen) atoms. The number of aldehydes is 1. The normalized spacial score (nSPS) is 11.3. The summed E-state index contributed by atoms with van der Waals surface area (Å²) in [4.78, 5) is 28.6. The van der Waals surface area contributed by atoms with Gasteiger partial charge in [0.15, 0.2) is 17.9 Å². The van der Waals surface area contributed by atoms with E-state index in [4.69, 9.17) is 4.74 Å². The predicted octanol–water partition coefficient (Wildman–Crippen LogP) is 4.12. The molecular formula is C18H12F5N5O4. The maximum Gasteiger partial charge on any atom is 0.393 e. The summed E-state index contributed by atoms with van der Waals surface area (Å²) in [6.07, 6.45) is -3.27. The largest absolute Gasteiger partial charge is 0.494 e. The Morgan fingerprint density at radius 1 is 1.25 bits per heavy atom. The summed E-state index contributed by atoms with van der Waals surface area (Å²) in [5, 5.41) is 13.5. The van der Waals surface area contributed by atoms with E-state index >= 15 is 0 Å². The molecule has 0 bridgehead atoms. The number of hydrogen-bond acceptors (Lipinski definition) is 7. The number of carbonyl (C=O) groups excluding carboxylic acids is 1. The number of benzene rings is 1. The summed E-state index contributed by atoms with van der Waals surface area (Å²) < 4.78 is 72.1. The molecule has 14 heteroatoms. The SMILES string of the molecule is COc1cc(F)c([N+](=O)[O-])cc1Nc1ncc(F)c(-n2cc(C=O)c(CC(F)(F)F)c2)n1.